The molecule has 13 aromatic carbocycles. The maximum absolute atomic E-state index is 9.85. The Hall–Kier alpha value is -11.5. The molecule has 0 atom stereocenters. The highest BCUT2D eigenvalue weighted by atomic mass is 15.4. The fourth-order valence-corrected chi connectivity index (χ4v) is 12.9. The predicted octanol–water partition coefficient (Wildman–Crippen LogP) is 20.6. The van der Waals surface area contributed by atoms with E-state index >= 15 is 0 Å². The molecule has 3 heterocycles. The number of aromatic nitrogens is 3. The molecule has 0 unspecified atom stereocenters. The van der Waals surface area contributed by atoms with E-state index in [0.29, 0.717) is 5.71 Å². The maximum Gasteiger partial charge on any atom is 0.0710 e. The highest BCUT2D eigenvalue weighted by Gasteiger charge is 2.20. The zero-order valence-corrected chi connectivity index (χ0v) is 46.3. The standard InChI is InChI=1S/C79H54N6/c80-71(52-72(55-21-4-1-5-22-55)81-85-78-36-17-14-33-67(78)70-51-58(42-47-79(70)85)57-41-46-76-69(50-57)65-31-12-15-34-74(65)83(76)61-27-8-3-9-28-61)59-24-18-29-63(48-59)84-75-35-16-13-32-66(75)68-49-56(40-45-77(68)84)53-38-43-62(44-39-53)82(60-25-6-2-7-26-60)73-37-19-23-54-20-10-11-30-64(54)73/h1-52,80-81H/b72-52-,80-71?. The van der Waals surface area contributed by atoms with Gasteiger partial charge in [0.2, 0.25) is 0 Å². The summed E-state index contributed by atoms with van der Waals surface area (Å²) >= 11 is 0. The van der Waals surface area contributed by atoms with Crippen molar-refractivity contribution in [2.45, 2.75) is 0 Å². The van der Waals surface area contributed by atoms with Gasteiger partial charge in [0, 0.05) is 66.0 Å². The second kappa shape index (κ2) is 20.5. The lowest BCUT2D eigenvalue weighted by Gasteiger charge is -2.27. The van der Waals surface area contributed by atoms with E-state index in [1.165, 1.54) is 43.4 Å². The van der Waals surface area contributed by atoms with Gasteiger partial charge >= 0.3 is 0 Å². The van der Waals surface area contributed by atoms with Crippen molar-refractivity contribution in [2.75, 3.05) is 10.3 Å². The zero-order chi connectivity index (χ0) is 56.4. The molecule has 0 aliphatic heterocycles. The first-order valence-corrected chi connectivity index (χ1v) is 28.9. The van der Waals surface area contributed by atoms with Crippen LogP contribution in [0.15, 0.2) is 315 Å². The Morgan fingerprint density at radius 1 is 0.318 bits per heavy atom. The number of benzene rings is 13. The molecule has 3 aromatic heterocycles. The molecule has 0 fully saturated rings. The summed E-state index contributed by atoms with van der Waals surface area (Å²) in [5, 5.41) is 19.3. The molecule has 400 valence electrons. The SMILES string of the molecule is N=C(/C=C(\Nn1c2ccccc2c2cc(-c3ccc4c(c3)c3ccccc3n4-c3ccccc3)ccc21)c1ccccc1)c1cccc(-n2c3ccccc3c3cc(-c4ccc(N(c5ccccc5)c5cccc6ccccc56)cc4)ccc32)c1. The molecule has 2 N–H and O–H groups in total. The Balaban J connectivity index is 0.734. The average Bonchev–Trinajstić information content (AvgIpc) is 2.27. The van der Waals surface area contributed by atoms with E-state index in [0.717, 1.165) is 100 Å². The van der Waals surface area contributed by atoms with Crippen LogP contribution in [0.25, 0.3) is 116 Å². The van der Waals surface area contributed by atoms with Crippen molar-refractivity contribution in [1.29, 1.82) is 5.41 Å². The monoisotopic (exact) mass is 1090 g/mol. The summed E-state index contributed by atoms with van der Waals surface area (Å²) in [6.45, 7) is 0. The largest absolute Gasteiger partial charge is 0.310 e. The topological polar surface area (TPSA) is 53.9 Å². The minimum atomic E-state index is 0.387. The summed E-state index contributed by atoms with van der Waals surface area (Å²) in [7, 11) is 0. The molecule has 0 bridgehead atoms. The smallest absolute Gasteiger partial charge is 0.0710 e. The number of anilines is 3. The quantitative estimate of drug-likeness (QED) is 0.120. The first-order valence-electron chi connectivity index (χ1n) is 28.9. The van der Waals surface area contributed by atoms with Crippen LogP contribution in [0.2, 0.25) is 0 Å². The molecule has 0 amide bonds. The van der Waals surface area contributed by atoms with E-state index in [1.54, 1.807) is 0 Å². The summed E-state index contributed by atoms with van der Waals surface area (Å²) in [5.74, 6) is 0. The third-order valence-electron chi connectivity index (χ3n) is 16.9. The highest BCUT2D eigenvalue weighted by Crippen LogP contribution is 2.42. The van der Waals surface area contributed by atoms with E-state index in [4.69, 9.17) is 0 Å². The van der Waals surface area contributed by atoms with Crippen LogP contribution in [0.4, 0.5) is 17.1 Å². The van der Waals surface area contributed by atoms with E-state index in [9.17, 15) is 5.41 Å². The molecule has 85 heavy (non-hydrogen) atoms. The average molecular weight is 1090 g/mol. The van der Waals surface area contributed by atoms with Gasteiger partial charge in [-0.2, -0.15) is 0 Å². The minimum Gasteiger partial charge on any atom is -0.310 e. The number of rotatable bonds is 12. The van der Waals surface area contributed by atoms with Crippen LogP contribution in [-0.2, 0) is 0 Å². The van der Waals surface area contributed by atoms with Gasteiger partial charge in [0.25, 0.3) is 0 Å². The molecule has 0 saturated heterocycles. The second-order valence-electron chi connectivity index (χ2n) is 21.8. The Morgan fingerprint density at radius 2 is 0.741 bits per heavy atom. The molecule has 16 aromatic rings. The third-order valence-corrected chi connectivity index (χ3v) is 16.9. The molecular formula is C79H54N6. The Morgan fingerprint density at radius 3 is 1.40 bits per heavy atom. The van der Waals surface area contributed by atoms with Crippen LogP contribution in [0, 0.1) is 5.41 Å². The highest BCUT2D eigenvalue weighted by molar-refractivity contribution is 6.15. The Kier molecular flexibility index (Phi) is 11.9. The van der Waals surface area contributed by atoms with Crippen molar-refractivity contribution < 1.29 is 0 Å². The lowest BCUT2D eigenvalue weighted by atomic mass is 10.0. The van der Waals surface area contributed by atoms with Gasteiger partial charge in [-0.3, -0.25) is 10.1 Å². The fourth-order valence-electron chi connectivity index (χ4n) is 12.9. The molecule has 16 rings (SSSR count). The number of allylic oxidation sites excluding steroid dienone is 1. The zero-order valence-electron chi connectivity index (χ0n) is 46.3. The number of hydrogen-bond acceptors (Lipinski definition) is 3. The summed E-state index contributed by atoms with van der Waals surface area (Å²) in [4.78, 5) is 2.35. The van der Waals surface area contributed by atoms with Crippen molar-refractivity contribution >= 4 is 105 Å². The lowest BCUT2D eigenvalue weighted by Crippen LogP contribution is -2.14. The van der Waals surface area contributed by atoms with Gasteiger partial charge in [0.15, 0.2) is 0 Å². The molecular weight excluding hydrogens is 1030 g/mol. The number of para-hydroxylation sites is 5. The second-order valence-corrected chi connectivity index (χ2v) is 21.8. The van der Waals surface area contributed by atoms with Crippen LogP contribution in [0.1, 0.15) is 11.1 Å². The van der Waals surface area contributed by atoms with Gasteiger partial charge in [-0.1, -0.05) is 200 Å². The number of nitrogens with zero attached hydrogens (tertiary/aromatic N) is 4. The van der Waals surface area contributed by atoms with Crippen LogP contribution in [0.5, 0.6) is 0 Å². The summed E-state index contributed by atoms with van der Waals surface area (Å²) < 4.78 is 6.88. The minimum absolute atomic E-state index is 0.387. The summed E-state index contributed by atoms with van der Waals surface area (Å²) in [5.41, 5.74) is 23.5. The van der Waals surface area contributed by atoms with E-state index in [-0.39, 0.29) is 0 Å². The lowest BCUT2D eigenvalue weighted by molar-refractivity contribution is 1.06. The first kappa shape index (κ1) is 49.4. The van der Waals surface area contributed by atoms with E-state index in [1.807, 2.05) is 18.2 Å². The van der Waals surface area contributed by atoms with Crippen LogP contribution in [0.3, 0.4) is 0 Å². The number of fused-ring (bicyclic) bond motifs is 10. The van der Waals surface area contributed by atoms with Crippen molar-refractivity contribution in [3.05, 3.63) is 327 Å². The molecule has 6 heteroatoms. The van der Waals surface area contributed by atoms with Gasteiger partial charge in [-0.15, -0.1) is 0 Å². The molecule has 0 aliphatic carbocycles. The van der Waals surface area contributed by atoms with Crippen LogP contribution in [-0.4, -0.2) is 19.5 Å². The van der Waals surface area contributed by atoms with Crippen molar-refractivity contribution in [3.8, 4) is 33.6 Å². The third kappa shape index (κ3) is 8.54. The number of hydrogen-bond donors (Lipinski definition) is 2. The fraction of sp³-hybridized carbons (Fsp3) is 0. The molecule has 0 aliphatic rings. The van der Waals surface area contributed by atoms with E-state index < -0.39 is 0 Å². The van der Waals surface area contributed by atoms with Gasteiger partial charge in [0.1, 0.15) is 0 Å². The van der Waals surface area contributed by atoms with Gasteiger partial charge in [0.05, 0.1) is 50.2 Å². The molecule has 0 saturated carbocycles. The Bertz CT molecular complexity index is 5280. The normalized spacial score (nSPS) is 11.9. The first-order chi connectivity index (χ1) is 42.1. The van der Waals surface area contributed by atoms with Crippen LogP contribution >= 0.6 is 0 Å². The molecule has 0 spiro atoms. The molecule has 6 nitrogen and oxygen atoms in total. The van der Waals surface area contributed by atoms with Crippen molar-refractivity contribution in [1.82, 2.24) is 13.8 Å². The predicted molar refractivity (Wildman–Crippen MR) is 358 cm³/mol. The van der Waals surface area contributed by atoms with Crippen molar-refractivity contribution in [2.24, 2.45) is 0 Å². The van der Waals surface area contributed by atoms with Gasteiger partial charge in [-0.25, -0.2) is 0 Å². The van der Waals surface area contributed by atoms with Gasteiger partial charge in [-0.05, 0) is 148 Å². The van der Waals surface area contributed by atoms with E-state index in [2.05, 4.69) is 321 Å². The van der Waals surface area contributed by atoms with Gasteiger partial charge < -0.3 is 19.4 Å². The van der Waals surface area contributed by atoms with Crippen LogP contribution < -0.4 is 10.3 Å². The number of nitrogens with one attached hydrogen (secondary N) is 2. The maximum atomic E-state index is 9.85. The molecule has 0 radical (unpaired) electrons. The Labute approximate surface area is 491 Å². The van der Waals surface area contributed by atoms with Crippen molar-refractivity contribution in [3.63, 3.8) is 0 Å². The summed E-state index contributed by atoms with van der Waals surface area (Å²) in [6, 6.07) is 110. The summed E-state index contributed by atoms with van der Waals surface area (Å²) in [6.07, 6.45) is 1.97.